The van der Waals surface area contributed by atoms with Crippen molar-refractivity contribution in [2.45, 2.75) is 19.4 Å². The van der Waals surface area contributed by atoms with Crippen LogP contribution in [0.5, 0.6) is 0 Å². The van der Waals surface area contributed by atoms with Gasteiger partial charge in [-0.3, -0.25) is 9.78 Å². The number of rotatable bonds is 3. The van der Waals surface area contributed by atoms with Gasteiger partial charge in [-0.2, -0.15) is 0 Å². The maximum atomic E-state index is 11.9. The minimum absolute atomic E-state index is 0.338. The molecule has 0 fully saturated rings. The van der Waals surface area contributed by atoms with Gasteiger partial charge in [0.25, 0.3) is 5.91 Å². The van der Waals surface area contributed by atoms with Crippen LogP contribution in [0.15, 0.2) is 24.5 Å². The molecule has 0 unspecified atom stereocenters. The van der Waals surface area contributed by atoms with Crippen LogP contribution in [0.3, 0.4) is 0 Å². The molecule has 1 aromatic heterocycles. The number of likely N-dealkylation sites (N-methyl/N-ethyl adjacent to an activating group) is 1. The molecule has 5 nitrogen and oxygen atoms in total. The predicted octanol–water partition coefficient (Wildman–Crippen LogP) is 1.02. The van der Waals surface area contributed by atoms with Crippen molar-refractivity contribution in [1.29, 1.82) is 0 Å². The summed E-state index contributed by atoms with van der Waals surface area (Å²) in [7, 11) is 1.47. The highest BCUT2D eigenvalue weighted by Gasteiger charge is 2.35. The molecule has 1 N–H and O–H groups in total. The van der Waals surface area contributed by atoms with Gasteiger partial charge in [-0.1, -0.05) is 0 Å². The fourth-order valence-electron chi connectivity index (χ4n) is 1.09. The van der Waals surface area contributed by atoms with Crippen molar-refractivity contribution in [3.05, 3.63) is 30.1 Å². The molecule has 1 rings (SSSR count). The van der Waals surface area contributed by atoms with Crippen LogP contribution in [0.1, 0.15) is 24.2 Å². The molecular formula is C11H14N2O3. The quantitative estimate of drug-likeness (QED) is 0.828. The molecule has 0 bridgehead atoms. The lowest BCUT2D eigenvalue weighted by Gasteiger charge is -2.31. The molecule has 1 heterocycles. The molecule has 1 aromatic rings. The molecule has 86 valence electrons. The van der Waals surface area contributed by atoms with Crippen LogP contribution in [0.2, 0.25) is 0 Å². The lowest BCUT2D eigenvalue weighted by molar-refractivity contribution is -0.147. The first-order valence-corrected chi connectivity index (χ1v) is 4.79. The summed E-state index contributed by atoms with van der Waals surface area (Å²) in [5, 5.41) is 9.00. The number of carboxylic acids is 1. The SMILES string of the molecule is CN(C(=O)c1ccncc1)C(C)(C)C(=O)O. The normalized spacial score (nSPS) is 10.9. The fourth-order valence-corrected chi connectivity index (χ4v) is 1.09. The van der Waals surface area contributed by atoms with Crippen LogP contribution in [0.25, 0.3) is 0 Å². The lowest BCUT2D eigenvalue weighted by Crippen LogP contribution is -2.50. The number of carbonyl (C=O) groups is 2. The van der Waals surface area contributed by atoms with E-state index in [4.69, 9.17) is 5.11 Å². The van der Waals surface area contributed by atoms with Gasteiger partial charge in [0.15, 0.2) is 0 Å². The molecule has 0 atom stereocenters. The van der Waals surface area contributed by atoms with Gasteiger partial charge in [0, 0.05) is 25.0 Å². The molecule has 0 radical (unpaired) electrons. The molecule has 5 heteroatoms. The minimum atomic E-state index is -1.24. The fraction of sp³-hybridized carbons (Fsp3) is 0.364. The third kappa shape index (κ3) is 2.18. The molecule has 0 spiro atoms. The number of carboxylic acid groups (broad SMARTS) is 1. The van der Waals surface area contributed by atoms with Crippen LogP contribution in [0.4, 0.5) is 0 Å². The van der Waals surface area contributed by atoms with Crippen molar-refractivity contribution < 1.29 is 14.7 Å². The van der Waals surface area contributed by atoms with Gasteiger partial charge >= 0.3 is 5.97 Å². The van der Waals surface area contributed by atoms with Gasteiger partial charge in [0.05, 0.1) is 0 Å². The highest BCUT2D eigenvalue weighted by Crippen LogP contribution is 2.15. The number of carbonyl (C=O) groups excluding carboxylic acids is 1. The molecule has 0 saturated carbocycles. The van der Waals surface area contributed by atoms with E-state index in [1.54, 1.807) is 12.1 Å². The van der Waals surface area contributed by atoms with Crippen molar-refractivity contribution in [2.75, 3.05) is 7.05 Å². The summed E-state index contributed by atoms with van der Waals surface area (Å²) < 4.78 is 0. The van der Waals surface area contributed by atoms with Crippen LogP contribution in [-0.4, -0.2) is 39.5 Å². The van der Waals surface area contributed by atoms with E-state index in [2.05, 4.69) is 4.98 Å². The van der Waals surface area contributed by atoms with Gasteiger partial charge in [0.1, 0.15) is 5.54 Å². The number of aromatic nitrogens is 1. The van der Waals surface area contributed by atoms with Gasteiger partial charge in [-0.15, -0.1) is 0 Å². The Balaban J connectivity index is 2.96. The Morgan fingerprint density at radius 2 is 1.81 bits per heavy atom. The largest absolute Gasteiger partial charge is 0.480 e. The van der Waals surface area contributed by atoms with Gasteiger partial charge in [-0.25, -0.2) is 4.79 Å². The Labute approximate surface area is 93.7 Å². The number of nitrogens with zero attached hydrogens (tertiary/aromatic N) is 2. The smallest absolute Gasteiger partial charge is 0.329 e. The standard InChI is InChI=1S/C11H14N2O3/c1-11(2,10(15)16)13(3)9(14)8-4-6-12-7-5-8/h4-7H,1-3H3,(H,15,16). The van der Waals surface area contributed by atoms with Crippen LogP contribution in [-0.2, 0) is 4.79 Å². The zero-order valence-corrected chi connectivity index (χ0v) is 9.47. The molecule has 0 aliphatic carbocycles. The molecule has 1 amide bonds. The van der Waals surface area contributed by atoms with Crippen LogP contribution >= 0.6 is 0 Å². The van der Waals surface area contributed by atoms with E-state index in [-0.39, 0.29) is 5.91 Å². The lowest BCUT2D eigenvalue weighted by atomic mass is 10.0. The maximum absolute atomic E-state index is 11.9. The van der Waals surface area contributed by atoms with Crippen molar-refractivity contribution in [1.82, 2.24) is 9.88 Å². The topological polar surface area (TPSA) is 70.5 Å². The van der Waals surface area contributed by atoms with Crippen molar-refractivity contribution in [3.63, 3.8) is 0 Å². The Morgan fingerprint density at radius 1 is 1.31 bits per heavy atom. The summed E-state index contributed by atoms with van der Waals surface area (Å²) in [6.45, 7) is 2.96. The average Bonchev–Trinajstić information content (AvgIpc) is 2.28. The Bertz CT molecular complexity index is 401. The second-order valence-corrected chi connectivity index (χ2v) is 3.96. The van der Waals surface area contributed by atoms with Crippen molar-refractivity contribution in [3.8, 4) is 0 Å². The summed E-state index contributed by atoms with van der Waals surface area (Å²) in [5.74, 6) is -1.38. The van der Waals surface area contributed by atoms with E-state index in [9.17, 15) is 9.59 Å². The first kappa shape index (κ1) is 12.2. The Hall–Kier alpha value is -1.91. The molecule has 0 aliphatic rings. The van der Waals surface area contributed by atoms with Crippen LogP contribution in [0, 0.1) is 0 Å². The number of hydrogen-bond acceptors (Lipinski definition) is 3. The van der Waals surface area contributed by atoms with Gasteiger partial charge in [0.2, 0.25) is 0 Å². The molecular weight excluding hydrogens is 208 g/mol. The number of aliphatic carboxylic acids is 1. The average molecular weight is 222 g/mol. The van der Waals surface area contributed by atoms with E-state index in [1.807, 2.05) is 0 Å². The zero-order chi connectivity index (χ0) is 12.3. The van der Waals surface area contributed by atoms with Crippen molar-refractivity contribution in [2.24, 2.45) is 0 Å². The highest BCUT2D eigenvalue weighted by atomic mass is 16.4. The Kier molecular flexibility index (Phi) is 3.27. The Morgan fingerprint density at radius 3 is 2.25 bits per heavy atom. The summed E-state index contributed by atoms with van der Waals surface area (Å²) in [5.41, 5.74) is -0.813. The number of pyridine rings is 1. The van der Waals surface area contributed by atoms with E-state index in [0.29, 0.717) is 5.56 Å². The maximum Gasteiger partial charge on any atom is 0.329 e. The third-order valence-electron chi connectivity index (χ3n) is 2.59. The molecule has 0 aromatic carbocycles. The first-order chi connectivity index (χ1) is 7.37. The molecule has 16 heavy (non-hydrogen) atoms. The number of amides is 1. The van der Waals surface area contributed by atoms with E-state index < -0.39 is 11.5 Å². The summed E-state index contributed by atoms with van der Waals surface area (Å²) in [4.78, 5) is 27.9. The highest BCUT2D eigenvalue weighted by molar-refractivity contribution is 5.97. The van der Waals surface area contributed by atoms with Gasteiger partial charge < -0.3 is 10.0 Å². The summed E-state index contributed by atoms with van der Waals surface area (Å²) in [6.07, 6.45) is 2.99. The second-order valence-electron chi connectivity index (χ2n) is 3.96. The predicted molar refractivity (Wildman–Crippen MR) is 58.0 cm³/mol. The van der Waals surface area contributed by atoms with Crippen LogP contribution < -0.4 is 0 Å². The molecule has 0 aliphatic heterocycles. The minimum Gasteiger partial charge on any atom is -0.480 e. The summed E-state index contributed by atoms with van der Waals surface area (Å²) >= 11 is 0. The summed E-state index contributed by atoms with van der Waals surface area (Å²) in [6, 6.07) is 3.10. The second kappa shape index (κ2) is 4.30. The van der Waals surface area contributed by atoms with E-state index in [0.717, 1.165) is 0 Å². The first-order valence-electron chi connectivity index (χ1n) is 4.79. The monoisotopic (exact) mass is 222 g/mol. The van der Waals surface area contributed by atoms with E-state index >= 15 is 0 Å². The molecule has 0 saturated heterocycles. The third-order valence-corrected chi connectivity index (χ3v) is 2.59. The van der Waals surface area contributed by atoms with Crippen molar-refractivity contribution >= 4 is 11.9 Å². The number of hydrogen-bond donors (Lipinski definition) is 1. The van der Waals surface area contributed by atoms with E-state index in [1.165, 1.54) is 38.2 Å². The van der Waals surface area contributed by atoms with Gasteiger partial charge in [-0.05, 0) is 26.0 Å². The zero-order valence-electron chi connectivity index (χ0n) is 9.47.